The van der Waals surface area contributed by atoms with Gasteiger partial charge in [-0.05, 0) is 12.1 Å². The molecule has 0 heterocycles. The monoisotopic (exact) mass is 292 g/mol. The van der Waals surface area contributed by atoms with Gasteiger partial charge in [0, 0.05) is 4.47 Å². The number of benzene rings is 1. The summed E-state index contributed by atoms with van der Waals surface area (Å²) in [6.45, 7) is -5.01. The normalized spacial score (nSPS) is 10.6. The summed E-state index contributed by atoms with van der Waals surface area (Å²) < 4.78 is 42.1. The van der Waals surface area contributed by atoms with Gasteiger partial charge >= 0.3 is 58.4 Å². The topological polar surface area (TPSA) is 9.23 Å². The van der Waals surface area contributed by atoms with E-state index in [4.69, 9.17) is 0 Å². The molecule has 0 atom stereocenters. The number of ether oxygens (including phenoxy) is 1. The molecule has 0 N–H and O–H groups in total. The van der Waals surface area contributed by atoms with Crippen molar-refractivity contribution in [1.82, 2.24) is 0 Å². The maximum absolute atomic E-state index is 12.4. The molecule has 1 nitrogen and oxygen atoms in total. The van der Waals surface area contributed by atoms with Crippen molar-refractivity contribution in [3.05, 3.63) is 22.7 Å². The minimum atomic E-state index is -5.01. The van der Waals surface area contributed by atoms with Crippen LogP contribution in [0.3, 0.4) is 0 Å². The van der Waals surface area contributed by atoms with E-state index in [0.717, 1.165) is 6.07 Å². The summed E-state index contributed by atoms with van der Waals surface area (Å²) in [5.74, 6) is -0.143. The number of methoxy groups -OCH3 is 1. The average molecular weight is 293 g/mol. The van der Waals surface area contributed by atoms with Crippen LogP contribution in [-0.4, -0.2) is 14.1 Å². The third kappa shape index (κ3) is 3.86. The van der Waals surface area contributed by atoms with E-state index < -0.39 is 12.4 Å². The van der Waals surface area contributed by atoms with Crippen molar-refractivity contribution in [2.75, 3.05) is 7.11 Å². The van der Waals surface area contributed by atoms with Crippen LogP contribution >= 0.6 is 15.9 Å². The standard InChI is InChI=1S/C7H6BBrF3O.K/c1-13-7-3-2-5(9)4-6(7)8(10,11)12;/h2-4H,1H3;/q-1;+1. The molecule has 0 aliphatic carbocycles. The van der Waals surface area contributed by atoms with E-state index in [9.17, 15) is 12.9 Å². The van der Waals surface area contributed by atoms with Crippen LogP contribution in [-0.2, 0) is 0 Å². The van der Waals surface area contributed by atoms with Gasteiger partial charge in [-0.3, -0.25) is 0 Å². The molecule has 0 aromatic heterocycles. The zero-order chi connectivity index (χ0) is 10.1. The van der Waals surface area contributed by atoms with Crippen molar-refractivity contribution in [3.63, 3.8) is 0 Å². The first-order valence-electron chi connectivity index (χ1n) is 3.48. The van der Waals surface area contributed by atoms with Gasteiger partial charge in [0.05, 0.1) is 12.9 Å². The van der Waals surface area contributed by atoms with Gasteiger partial charge in [-0.25, -0.2) is 0 Å². The van der Waals surface area contributed by atoms with Crippen LogP contribution in [0.4, 0.5) is 12.9 Å². The SMILES string of the molecule is COc1ccc(Br)cc1[B-](F)(F)F.[K+]. The van der Waals surface area contributed by atoms with Gasteiger partial charge in [-0.15, -0.1) is 0 Å². The smallest absolute Gasteiger partial charge is 0.500 e. The fourth-order valence-electron chi connectivity index (χ4n) is 0.961. The fraction of sp³-hybridized carbons (Fsp3) is 0.143. The van der Waals surface area contributed by atoms with Crippen LogP contribution < -0.4 is 61.6 Å². The Labute approximate surface area is 131 Å². The van der Waals surface area contributed by atoms with Crippen molar-refractivity contribution in [2.24, 2.45) is 0 Å². The second-order valence-corrected chi connectivity index (χ2v) is 3.38. The minimum Gasteiger partial charge on any atom is -0.500 e. The molecule has 0 bridgehead atoms. The molecule has 14 heavy (non-hydrogen) atoms. The summed E-state index contributed by atoms with van der Waals surface area (Å²) in [6, 6.07) is 3.80. The Balaban J connectivity index is 0.00000169. The molecule has 0 aliphatic rings. The van der Waals surface area contributed by atoms with Gasteiger partial charge in [-0.2, -0.15) is 0 Å². The maximum atomic E-state index is 12.4. The molecular formula is C7H6BBrF3KO. The third-order valence-corrected chi connectivity index (χ3v) is 2.04. The van der Waals surface area contributed by atoms with Crippen LogP contribution in [0.15, 0.2) is 22.7 Å². The van der Waals surface area contributed by atoms with Crippen LogP contribution in [0, 0.1) is 0 Å². The molecule has 1 aromatic rings. The molecule has 7 heteroatoms. The second-order valence-electron chi connectivity index (χ2n) is 2.46. The largest absolute Gasteiger partial charge is 1.00 e. The molecule has 72 valence electrons. The van der Waals surface area contributed by atoms with E-state index in [-0.39, 0.29) is 57.1 Å². The Kier molecular flexibility index (Phi) is 6.33. The summed E-state index contributed by atoms with van der Waals surface area (Å²) in [5, 5.41) is 0. The van der Waals surface area contributed by atoms with Crippen LogP contribution in [0.2, 0.25) is 0 Å². The molecule has 0 spiro atoms. The molecule has 0 amide bonds. The van der Waals surface area contributed by atoms with Crippen LogP contribution in [0.25, 0.3) is 0 Å². The van der Waals surface area contributed by atoms with E-state index in [2.05, 4.69) is 20.7 Å². The Hall–Kier alpha value is 0.991. The van der Waals surface area contributed by atoms with Crippen molar-refractivity contribution in [1.29, 1.82) is 0 Å². The molecule has 0 saturated heterocycles. The molecule has 0 fully saturated rings. The van der Waals surface area contributed by atoms with Crippen LogP contribution in [0.1, 0.15) is 0 Å². The average Bonchev–Trinajstić information content (AvgIpc) is 2.03. The minimum absolute atomic E-state index is 0. The van der Waals surface area contributed by atoms with E-state index in [0.29, 0.717) is 4.47 Å². The van der Waals surface area contributed by atoms with E-state index >= 15 is 0 Å². The van der Waals surface area contributed by atoms with Crippen LogP contribution in [0.5, 0.6) is 5.75 Å². The zero-order valence-electron chi connectivity index (χ0n) is 7.73. The van der Waals surface area contributed by atoms with Gasteiger partial charge in [-0.1, -0.05) is 27.5 Å². The summed E-state index contributed by atoms with van der Waals surface area (Å²) >= 11 is 2.97. The molecule has 0 radical (unpaired) electrons. The summed E-state index contributed by atoms with van der Waals surface area (Å²) in [4.78, 5) is 0. The Morgan fingerprint density at radius 2 is 1.86 bits per heavy atom. The van der Waals surface area contributed by atoms with Crippen molar-refractivity contribution >= 4 is 28.4 Å². The van der Waals surface area contributed by atoms with Crippen molar-refractivity contribution in [2.45, 2.75) is 0 Å². The third-order valence-electron chi connectivity index (χ3n) is 1.54. The fourth-order valence-corrected chi connectivity index (χ4v) is 1.34. The predicted octanol–water partition coefficient (Wildman–Crippen LogP) is -0.484. The maximum Gasteiger partial charge on any atom is 1.00 e. The molecule has 0 aliphatic heterocycles. The summed E-state index contributed by atoms with van der Waals surface area (Å²) in [6.07, 6.45) is 0. The Morgan fingerprint density at radius 3 is 2.29 bits per heavy atom. The van der Waals surface area contributed by atoms with Gasteiger partial charge < -0.3 is 17.7 Å². The zero-order valence-corrected chi connectivity index (χ0v) is 12.4. The Morgan fingerprint density at radius 1 is 1.29 bits per heavy atom. The number of hydrogen-bond donors (Lipinski definition) is 0. The second kappa shape index (κ2) is 5.91. The van der Waals surface area contributed by atoms with Gasteiger partial charge in [0.2, 0.25) is 0 Å². The van der Waals surface area contributed by atoms with Crippen molar-refractivity contribution < 1.29 is 69.1 Å². The molecular weight excluding hydrogens is 287 g/mol. The van der Waals surface area contributed by atoms with E-state index in [1.165, 1.54) is 19.2 Å². The van der Waals surface area contributed by atoms with Gasteiger partial charge in [0.1, 0.15) is 0 Å². The van der Waals surface area contributed by atoms with Gasteiger partial charge in [0.25, 0.3) is 0 Å². The number of hydrogen-bond acceptors (Lipinski definition) is 1. The van der Waals surface area contributed by atoms with Crippen molar-refractivity contribution in [3.8, 4) is 5.75 Å². The van der Waals surface area contributed by atoms with E-state index in [1.54, 1.807) is 0 Å². The summed E-state index contributed by atoms with van der Waals surface area (Å²) in [7, 11) is 1.22. The first kappa shape index (κ1) is 15.0. The molecule has 1 aromatic carbocycles. The quantitative estimate of drug-likeness (QED) is 0.669. The predicted molar refractivity (Wildman–Crippen MR) is 49.4 cm³/mol. The first-order valence-corrected chi connectivity index (χ1v) is 4.28. The molecule has 1 rings (SSSR count). The first-order chi connectivity index (χ1) is 5.95. The van der Waals surface area contributed by atoms with Gasteiger partial charge in [0.15, 0.2) is 0 Å². The Bertz CT molecular complexity index is 318. The molecule has 0 unspecified atom stereocenters. The van der Waals surface area contributed by atoms with E-state index in [1.807, 2.05) is 0 Å². The number of rotatable bonds is 2. The number of halogens is 4. The molecule has 0 saturated carbocycles. The summed E-state index contributed by atoms with van der Waals surface area (Å²) in [5.41, 5.74) is -0.711.